The highest BCUT2D eigenvalue weighted by Gasteiger charge is 2.01. The zero-order valence-electron chi connectivity index (χ0n) is 7.90. The number of pyridine rings is 2. The molecule has 0 saturated carbocycles. The second-order valence-corrected chi connectivity index (χ2v) is 3.42. The Morgan fingerprint density at radius 2 is 1.93 bits per heavy atom. The number of aromatic amines is 1. The van der Waals surface area contributed by atoms with Crippen LogP contribution in [-0.4, -0.2) is 9.97 Å². The van der Waals surface area contributed by atoms with Gasteiger partial charge in [-0.25, -0.2) is 4.98 Å². The van der Waals surface area contributed by atoms with Gasteiger partial charge in [0.25, 0.3) is 5.56 Å². The van der Waals surface area contributed by atoms with Crippen LogP contribution in [0.25, 0.3) is 21.8 Å². The van der Waals surface area contributed by atoms with Crippen LogP contribution in [0.4, 0.5) is 0 Å². The van der Waals surface area contributed by atoms with Gasteiger partial charge in [-0.05, 0) is 18.2 Å². The Morgan fingerprint density at radius 3 is 2.87 bits per heavy atom. The molecule has 3 nitrogen and oxygen atoms in total. The van der Waals surface area contributed by atoms with Gasteiger partial charge in [-0.2, -0.15) is 0 Å². The third kappa shape index (κ3) is 1.21. The van der Waals surface area contributed by atoms with E-state index in [1.165, 1.54) is 0 Å². The van der Waals surface area contributed by atoms with E-state index < -0.39 is 0 Å². The number of H-pyrrole nitrogens is 1. The molecule has 1 aromatic carbocycles. The average molecular weight is 196 g/mol. The molecule has 2 aromatic heterocycles. The monoisotopic (exact) mass is 196 g/mol. The van der Waals surface area contributed by atoms with Gasteiger partial charge in [-0.15, -0.1) is 0 Å². The normalized spacial score (nSPS) is 10.9. The Morgan fingerprint density at radius 1 is 1.07 bits per heavy atom. The summed E-state index contributed by atoms with van der Waals surface area (Å²) >= 11 is 0. The summed E-state index contributed by atoms with van der Waals surface area (Å²) in [5.41, 5.74) is 1.55. The molecule has 0 spiro atoms. The minimum atomic E-state index is -0.0919. The van der Waals surface area contributed by atoms with Crippen molar-refractivity contribution < 1.29 is 0 Å². The van der Waals surface area contributed by atoms with Gasteiger partial charge >= 0.3 is 0 Å². The van der Waals surface area contributed by atoms with Crippen LogP contribution < -0.4 is 5.56 Å². The van der Waals surface area contributed by atoms with Gasteiger partial charge in [-0.3, -0.25) is 4.79 Å². The van der Waals surface area contributed by atoms with E-state index in [2.05, 4.69) is 9.97 Å². The molecule has 2 heterocycles. The first kappa shape index (κ1) is 8.17. The van der Waals surface area contributed by atoms with Crippen LogP contribution in [0, 0.1) is 0 Å². The molecule has 3 aromatic rings. The molecule has 0 amide bonds. The SMILES string of the molecule is O=c1[nH]ccc2nc3ccccc3cc12. The van der Waals surface area contributed by atoms with Gasteiger partial charge in [0.1, 0.15) is 0 Å². The van der Waals surface area contributed by atoms with E-state index in [0.717, 1.165) is 16.4 Å². The quantitative estimate of drug-likeness (QED) is 0.559. The molecule has 1 N–H and O–H groups in total. The summed E-state index contributed by atoms with van der Waals surface area (Å²) in [7, 11) is 0. The van der Waals surface area contributed by atoms with Crippen molar-refractivity contribution >= 4 is 21.8 Å². The highest BCUT2D eigenvalue weighted by Crippen LogP contribution is 2.15. The summed E-state index contributed by atoms with van der Waals surface area (Å²) in [5, 5.41) is 1.62. The first-order chi connectivity index (χ1) is 7.34. The molecule has 72 valence electrons. The molecule has 3 rings (SSSR count). The van der Waals surface area contributed by atoms with Crippen LogP contribution in [-0.2, 0) is 0 Å². The third-order valence-electron chi connectivity index (χ3n) is 2.45. The Hall–Kier alpha value is -2.16. The smallest absolute Gasteiger partial charge is 0.257 e. The summed E-state index contributed by atoms with van der Waals surface area (Å²) in [6, 6.07) is 11.4. The van der Waals surface area contributed by atoms with Crippen molar-refractivity contribution in [1.29, 1.82) is 0 Å². The highest BCUT2D eigenvalue weighted by atomic mass is 16.1. The molecule has 0 atom stereocenters. The summed E-state index contributed by atoms with van der Waals surface area (Å²) < 4.78 is 0. The van der Waals surface area contributed by atoms with Crippen LogP contribution in [0.3, 0.4) is 0 Å². The Kier molecular flexibility index (Phi) is 1.59. The van der Waals surface area contributed by atoms with Crippen molar-refractivity contribution in [1.82, 2.24) is 9.97 Å². The van der Waals surface area contributed by atoms with Gasteiger partial charge in [-0.1, -0.05) is 18.2 Å². The van der Waals surface area contributed by atoms with E-state index in [-0.39, 0.29) is 5.56 Å². The van der Waals surface area contributed by atoms with Gasteiger partial charge in [0, 0.05) is 11.6 Å². The zero-order valence-corrected chi connectivity index (χ0v) is 7.90. The summed E-state index contributed by atoms with van der Waals surface area (Å²) in [4.78, 5) is 18.6. The standard InChI is InChI=1S/C12H8N2O/c15-12-9-7-8-3-1-2-4-10(8)14-11(9)5-6-13-12/h1-7H,(H,13,15). The van der Waals surface area contributed by atoms with E-state index in [4.69, 9.17) is 0 Å². The molecule has 0 aliphatic carbocycles. The van der Waals surface area contributed by atoms with Crippen molar-refractivity contribution in [3.63, 3.8) is 0 Å². The summed E-state index contributed by atoms with van der Waals surface area (Å²) in [6.45, 7) is 0. The van der Waals surface area contributed by atoms with Crippen LogP contribution in [0.5, 0.6) is 0 Å². The first-order valence-corrected chi connectivity index (χ1v) is 4.72. The van der Waals surface area contributed by atoms with Crippen LogP contribution in [0.2, 0.25) is 0 Å². The molecule has 0 fully saturated rings. The Labute approximate surface area is 85.4 Å². The lowest BCUT2D eigenvalue weighted by Gasteiger charge is -1.99. The molecule has 0 saturated heterocycles. The minimum Gasteiger partial charge on any atom is -0.328 e. The lowest BCUT2D eigenvalue weighted by Crippen LogP contribution is -2.04. The van der Waals surface area contributed by atoms with Crippen LogP contribution in [0.15, 0.2) is 47.4 Å². The van der Waals surface area contributed by atoms with Gasteiger partial charge in [0.05, 0.1) is 16.4 Å². The molecule has 0 bridgehead atoms. The van der Waals surface area contributed by atoms with Crippen molar-refractivity contribution in [2.45, 2.75) is 0 Å². The van der Waals surface area contributed by atoms with Gasteiger partial charge in [0.15, 0.2) is 0 Å². The van der Waals surface area contributed by atoms with Gasteiger partial charge < -0.3 is 4.98 Å². The largest absolute Gasteiger partial charge is 0.328 e. The average Bonchev–Trinajstić information content (AvgIpc) is 2.27. The molecule has 0 aliphatic rings. The minimum absolute atomic E-state index is 0.0919. The van der Waals surface area contributed by atoms with Crippen molar-refractivity contribution in [3.8, 4) is 0 Å². The lowest BCUT2D eigenvalue weighted by molar-refractivity contribution is 1.27. The molecule has 3 heteroatoms. The lowest BCUT2D eigenvalue weighted by atomic mass is 10.1. The molecule has 15 heavy (non-hydrogen) atoms. The van der Waals surface area contributed by atoms with Crippen LogP contribution >= 0.6 is 0 Å². The topological polar surface area (TPSA) is 45.8 Å². The number of nitrogens with zero attached hydrogens (tertiary/aromatic N) is 1. The predicted molar refractivity (Wildman–Crippen MR) is 59.9 cm³/mol. The number of nitrogens with one attached hydrogen (secondary N) is 1. The molecular formula is C12H8N2O. The predicted octanol–water partition coefficient (Wildman–Crippen LogP) is 2.08. The highest BCUT2D eigenvalue weighted by molar-refractivity contribution is 5.91. The third-order valence-corrected chi connectivity index (χ3v) is 2.45. The van der Waals surface area contributed by atoms with E-state index in [9.17, 15) is 4.79 Å². The maximum Gasteiger partial charge on any atom is 0.257 e. The number of fused-ring (bicyclic) bond motifs is 2. The Balaban J connectivity index is 2.59. The summed E-state index contributed by atoms with van der Waals surface area (Å²) in [6.07, 6.45) is 1.62. The molecule has 0 radical (unpaired) electrons. The summed E-state index contributed by atoms with van der Waals surface area (Å²) in [5.74, 6) is 0. The number of aromatic nitrogens is 2. The number of benzene rings is 1. The number of hydrogen-bond donors (Lipinski definition) is 1. The maximum atomic E-state index is 11.5. The number of rotatable bonds is 0. The van der Waals surface area contributed by atoms with Crippen LogP contribution in [0.1, 0.15) is 0 Å². The fourth-order valence-corrected chi connectivity index (χ4v) is 1.71. The maximum absolute atomic E-state index is 11.5. The first-order valence-electron chi connectivity index (χ1n) is 4.72. The Bertz CT molecular complexity index is 700. The van der Waals surface area contributed by atoms with E-state index >= 15 is 0 Å². The number of hydrogen-bond acceptors (Lipinski definition) is 2. The fourth-order valence-electron chi connectivity index (χ4n) is 1.71. The van der Waals surface area contributed by atoms with E-state index in [0.29, 0.717) is 5.39 Å². The second-order valence-electron chi connectivity index (χ2n) is 3.42. The molecule has 0 aliphatic heterocycles. The fraction of sp³-hybridized carbons (Fsp3) is 0. The van der Waals surface area contributed by atoms with E-state index in [1.807, 2.05) is 36.4 Å². The second kappa shape index (κ2) is 2.92. The number of para-hydroxylation sites is 1. The molecule has 0 unspecified atom stereocenters. The zero-order chi connectivity index (χ0) is 10.3. The van der Waals surface area contributed by atoms with Crippen molar-refractivity contribution in [2.75, 3.05) is 0 Å². The van der Waals surface area contributed by atoms with Crippen molar-refractivity contribution in [3.05, 3.63) is 52.9 Å². The molecular weight excluding hydrogens is 188 g/mol. The van der Waals surface area contributed by atoms with Gasteiger partial charge in [0.2, 0.25) is 0 Å². The van der Waals surface area contributed by atoms with E-state index in [1.54, 1.807) is 6.20 Å². The van der Waals surface area contributed by atoms with Crippen molar-refractivity contribution in [2.24, 2.45) is 0 Å².